The summed E-state index contributed by atoms with van der Waals surface area (Å²) < 4.78 is 19.3. The number of hydrogen-bond acceptors (Lipinski definition) is 3. The van der Waals surface area contributed by atoms with Gasteiger partial charge in [-0.2, -0.15) is 0 Å². The third kappa shape index (κ3) is 2.83. The van der Waals surface area contributed by atoms with Gasteiger partial charge in [-0.1, -0.05) is 66.7 Å². The number of rotatable bonds is 2. The molecule has 1 fully saturated rings. The molecular formula is C28H25BO3. The topological polar surface area (TPSA) is 31.6 Å². The maximum absolute atomic E-state index is 6.45. The second-order valence-electron chi connectivity index (χ2n) is 9.66. The van der Waals surface area contributed by atoms with E-state index < -0.39 is 18.3 Å². The maximum Gasteiger partial charge on any atom is 0.495 e. The van der Waals surface area contributed by atoms with E-state index in [2.05, 4.69) is 100 Å². The molecule has 0 saturated carbocycles. The van der Waals surface area contributed by atoms with E-state index >= 15 is 0 Å². The van der Waals surface area contributed by atoms with Gasteiger partial charge in [0.2, 0.25) is 0 Å². The van der Waals surface area contributed by atoms with Gasteiger partial charge in [-0.05, 0) is 61.8 Å². The first-order valence-electron chi connectivity index (χ1n) is 11.1. The molecule has 0 unspecified atom stereocenters. The summed E-state index contributed by atoms with van der Waals surface area (Å²) in [5, 5.41) is 4.36. The average Bonchev–Trinajstić information content (AvgIpc) is 3.26. The second-order valence-corrected chi connectivity index (χ2v) is 9.66. The van der Waals surface area contributed by atoms with Crippen molar-refractivity contribution in [3.05, 3.63) is 78.9 Å². The summed E-state index contributed by atoms with van der Waals surface area (Å²) in [6, 6.07) is 27.4. The van der Waals surface area contributed by atoms with Crippen LogP contribution in [-0.2, 0) is 9.31 Å². The minimum Gasteiger partial charge on any atom is -0.455 e. The van der Waals surface area contributed by atoms with E-state index in [0.717, 1.165) is 43.7 Å². The summed E-state index contributed by atoms with van der Waals surface area (Å²) in [6.07, 6.45) is 0. The Morgan fingerprint density at radius 1 is 0.594 bits per heavy atom. The van der Waals surface area contributed by atoms with Gasteiger partial charge in [0, 0.05) is 16.2 Å². The maximum atomic E-state index is 6.45. The molecule has 4 aromatic carbocycles. The number of fused-ring (bicyclic) bond motifs is 5. The third-order valence-corrected chi connectivity index (χ3v) is 7.13. The summed E-state index contributed by atoms with van der Waals surface area (Å²) in [5.74, 6) is 0. The van der Waals surface area contributed by atoms with Crippen LogP contribution in [0.25, 0.3) is 43.8 Å². The highest BCUT2D eigenvalue weighted by Gasteiger charge is 2.52. The van der Waals surface area contributed by atoms with E-state index in [4.69, 9.17) is 13.7 Å². The van der Waals surface area contributed by atoms with Crippen LogP contribution in [0.4, 0.5) is 0 Å². The standard InChI is InChI=1S/C28H25BO3/c1-27(2)28(3,4)32-29(31-27)24-17-23-21-15-14-19(18-10-6-5-7-11-18)16-25(21)30-26(23)22-13-9-8-12-20(22)24/h5-17H,1-4H3. The van der Waals surface area contributed by atoms with Crippen LogP contribution in [0.3, 0.4) is 0 Å². The molecule has 4 heteroatoms. The van der Waals surface area contributed by atoms with Crippen LogP contribution in [0.5, 0.6) is 0 Å². The van der Waals surface area contributed by atoms with Gasteiger partial charge in [0.25, 0.3) is 0 Å². The molecule has 2 heterocycles. The number of benzene rings is 4. The van der Waals surface area contributed by atoms with E-state index in [1.54, 1.807) is 0 Å². The molecule has 0 atom stereocenters. The largest absolute Gasteiger partial charge is 0.495 e. The van der Waals surface area contributed by atoms with E-state index in [0.29, 0.717) is 0 Å². The van der Waals surface area contributed by atoms with Crippen LogP contribution in [-0.4, -0.2) is 18.3 Å². The van der Waals surface area contributed by atoms with Gasteiger partial charge in [-0.15, -0.1) is 0 Å². The fourth-order valence-electron chi connectivity index (χ4n) is 4.60. The normalized spacial score (nSPS) is 17.6. The molecule has 1 aliphatic heterocycles. The fraction of sp³-hybridized carbons (Fsp3) is 0.214. The van der Waals surface area contributed by atoms with E-state index in [-0.39, 0.29) is 0 Å². The predicted octanol–water partition coefficient (Wildman–Crippen LogP) is 6.71. The summed E-state index contributed by atoms with van der Waals surface area (Å²) in [4.78, 5) is 0. The SMILES string of the molecule is CC1(C)OB(c2cc3c4ccc(-c5ccccc5)cc4oc3c3ccccc23)OC1(C)C. The first-order chi connectivity index (χ1) is 15.3. The molecule has 1 aliphatic rings. The van der Waals surface area contributed by atoms with Gasteiger partial charge in [-0.3, -0.25) is 0 Å². The number of hydrogen-bond donors (Lipinski definition) is 0. The second kappa shape index (κ2) is 6.71. The Labute approximate surface area is 188 Å². The molecule has 1 aromatic heterocycles. The van der Waals surface area contributed by atoms with Crippen molar-refractivity contribution >= 4 is 45.3 Å². The lowest BCUT2D eigenvalue weighted by atomic mass is 9.75. The predicted molar refractivity (Wildman–Crippen MR) is 132 cm³/mol. The van der Waals surface area contributed by atoms with Gasteiger partial charge >= 0.3 is 7.12 Å². The van der Waals surface area contributed by atoms with Crippen LogP contribution >= 0.6 is 0 Å². The first kappa shape index (κ1) is 19.6. The summed E-state index contributed by atoms with van der Waals surface area (Å²) in [5.41, 5.74) is 4.37. The molecule has 0 aliphatic carbocycles. The molecule has 0 radical (unpaired) electrons. The number of furan rings is 1. The van der Waals surface area contributed by atoms with Crippen molar-refractivity contribution in [2.45, 2.75) is 38.9 Å². The Morgan fingerprint density at radius 3 is 1.97 bits per heavy atom. The van der Waals surface area contributed by atoms with Gasteiger partial charge in [0.1, 0.15) is 11.2 Å². The lowest BCUT2D eigenvalue weighted by Crippen LogP contribution is -2.41. The van der Waals surface area contributed by atoms with Gasteiger partial charge in [0.15, 0.2) is 0 Å². The fourth-order valence-corrected chi connectivity index (χ4v) is 4.60. The van der Waals surface area contributed by atoms with Crippen LogP contribution in [0.1, 0.15) is 27.7 Å². The minimum atomic E-state index is -0.428. The Morgan fingerprint density at radius 2 is 1.25 bits per heavy atom. The zero-order valence-corrected chi connectivity index (χ0v) is 18.8. The van der Waals surface area contributed by atoms with Crippen molar-refractivity contribution in [3.8, 4) is 11.1 Å². The molecule has 0 N–H and O–H groups in total. The summed E-state index contributed by atoms with van der Waals surface area (Å²) >= 11 is 0. The van der Waals surface area contributed by atoms with Crippen LogP contribution in [0.15, 0.2) is 83.3 Å². The Balaban J connectivity index is 1.59. The molecule has 3 nitrogen and oxygen atoms in total. The third-order valence-electron chi connectivity index (χ3n) is 7.13. The first-order valence-corrected chi connectivity index (χ1v) is 11.1. The van der Waals surface area contributed by atoms with Crippen LogP contribution in [0, 0.1) is 0 Å². The lowest BCUT2D eigenvalue weighted by molar-refractivity contribution is 0.00578. The molecule has 32 heavy (non-hydrogen) atoms. The average molecular weight is 420 g/mol. The summed E-state index contributed by atoms with van der Waals surface area (Å²) in [7, 11) is -0.428. The molecule has 0 amide bonds. The molecule has 0 bridgehead atoms. The van der Waals surface area contributed by atoms with Crippen molar-refractivity contribution in [1.82, 2.24) is 0 Å². The smallest absolute Gasteiger partial charge is 0.455 e. The zero-order chi connectivity index (χ0) is 22.1. The Kier molecular flexibility index (Phi) is 4.11. The van der Waals surface area contributed by atoms with Crippen molar-refractivity contribution in [1.29, 1.82) is 0 Å². The van der Waals surface area contributed by atoms with Crippen molar-refractivity contribution in [3.63, 3.8) is 0 Å². The molecule has 0 spiro atoms. The van der Waals surface area contributed by atoms with Crippen molar-refractivity contribution < 1.29 is 13.7 Å². The van der Waals surface area contributed by atoms with Crippen molar-refractivity contribution in [2.75, 3.05) is 0 Å². The van der Waals surface area contributed by atoms with Gasteiger partial charge < -0.3 is 13.7 Å². The summed E-state index contributed by atoms with van der Waals surface area (Å²) in [6.45, 7) is 8.36. The quantitative estimate of drug-likeness (QED) is 0.298. The van der Waals surface area contributed by atoms with Crippen LogP contribution < -0.4 is 5.46 Å². The zero-order valence-electron chi connectivity index (χ0n) is 18.8. The van der Waals surface area contributed by atoms with Gasteiger partial charge in [0.05, 0.1) is 11.2 Å². The van der Waals surface area contributed by atoms with E-state index in [9.17, 15) is 0 Å². The van der Waals surface area contributed by atoms with Crippen LogP contribution in [0.2, 0.25) is 0 Å². The molecular weight excluding hydrogens is 395 g/mol. The highest BCUT2D eigenvalue weighted by molar-refractivity contribution is 6.66. The lowest BCUT2D eigenvalue weighted by Gasteiger charge is -2.32. The Hall–Kier alpha value is -3.08. The molecule has 158 valence electrons. The van der Waals surface area contributed by atoms with E-state index in [1.165, 1.54) is 5.56 Å². The molecule has 5 aromatic rings. The molecule has 1 saturated heterocycles. The minimum absolute atomic E-state index is 0.392. The van der Waals surface area contributed by atoms with E-state index in [1.807, 2.05) is 6.07 Å². The van der Waals surface area contributed by atoms with Crippen molar-refractivity contribution in [2.24, 2.45) is 0 Å². The monoisotopic (exact) mass is 420 g/mol. The molecule has 6 rings (SSSR count). The highest BCUT2D eigenvalue weighted by atomic mass is 16.7. The van der Waals surface area contributed by atoms with Gasteiger partial charge in [-0.25, -0.2) is 0 Å². The Bertz CT molecular complexity index is 1460. The highest BCUT2D eigenvalue weighted by Crippen LogP contribution is 2.39.